The maximum atomic E-state index is 13.4. The third kappa shape index (κ3) is 3.51. The molecule has 0 spiro atoms. The van der Waals surface area contributed by atoms with Crippen molar-refractivity contribution in [2.24, 2.45) is 0 Å². The van der Waals surface area contributed by atoms with Gasteiger partial charge in [0.15, 0.2) is 6.29 Å². The van der Waals surface area contributed by atoms with Crippen LogP contribution in [-0.2, 0) is 4.74 Å². The Morgan fingerprint density at radius 3 is 2.82 bits per heavy atom. The molecule has 1 aromatic carbocycles. The summed E-state index contributed by atoms with van der Waals surface area (Å²) in [5, 5.41) is 8.97. The van der Waals surface area contributed by atoms with Crippen LogP contribution in [0.5, 0.6) is 0 Å². The van der Waals surface area contributed by atoms with Crippen molar-refractivity contribution < 1.29 is 19.0 Å². The number of benzene rings is 1. The highest BCUT2D eigenvalue weighted by atomic mass is 19.1. The van der Waals surface area contributed by atoms with Crippen molar-refractivity contribution in [1.29, 1.82) is 0 Å². The van der Waals surface area contributed by atoms with Gasteiger partial charge in [-0.25, -0.2) is 4.39 Å². The van der Waals surface area contributed by atoms with Crippen molar-refractivity contribution >= 4 is 12.0 Å². The molecule has 0 saturated heterocycles. The van der Waals surface area contributed by atoms with Crippen LogP contribution in [0.4, 0.5) is 10.1 Å². The summed E-state index contributed by atoms with van der Waals surface area (Å²) in [5.41, 5.74) is 0.489. The van der Waals surface area contributed by atoms with Gasteiger partial charge in [-0.2, -0.15) is 0 Å². The molecule has 1 aromatic rings. The zero-order valence-corrected chi connectivity index (χ0v) is 9.73. The van der Waals surface area contributed by atoms with Crippen molar-refractivity contribution in [3.8, 4) is 0 Å². The Kier molecular flexibility index (Phi) is 5.59. The lowest BCUT2D eigenvalue weighted by atomic mass is 10.1. The SMILES string of the molecule is COCCN(CCO)c1cccc(F)c1C=O. The smallest absolute Gasteiger partial charge is 0.155 e. The molecule has 1 N–H and O–H groups in total. The molecule has 0 amide bonds. The first-order valence-corrected chi connectivity index (χ1v) is 5.33. The summed E-state index contributed by atoms with van der Waals surface area (Å²) in [6.07, 6.45) is 0.488. The van der Waals surface area contributed by atoms with Gasteiger partial charge >= 0.3 is 0 Å². The van der Waals surface area contributed by atoms with E-state index in [0.29, 0.717) is 31.7 Å². The fourth-order valence-corrected chi connectivity index (χ4v) is 1.59. The van der Waals surface area contributed by atoms with Crippen molar-refractivity contribution in [3.05, 3.63) is 29.6 Å². The van der Waals surface area contributed by atoms with Crippen LogP contribution in [0.15, 0.2) is 18.2 Å². The molecule has 0 unspecified atom stereocenters. The largest absolute Gasteiger partial charge is 0.395 e. The van der Waals surface area contributed by atoms with Crippen LogP contribution >= 0.6 is 0 Å². The summed E-state index contributed by atoms with van der Waals surface area (Å²) in [6, 6.07) is 4.42. The van der Waals surface area contributed by atoms with E-state index in [2.05, 4.69) is 0 Å². The number of hydrogen-bond donors (Lipinski definition) is 1. The van der Waals surface area contributed by atoms with Gasteiger partial charge in [-0.15, -0.1) is 0 Å². The average Bonchev–Trinajstić information content (AvgIpc) is 2.34. The molecule has 0 aliphatic heterocycles. The zero-order valence-electron chi connectivity index (χ0n) is 9.73. The first kappa shape index (κ1) is 13.6. The molecular weight excluding hydrogens is 225 g/mol. The van der Waals surface area contributed by atoms with Gasteiger partial charge in [0, 0.05) is 20.2 Å². The maximum absolute atomic E-state index is 13.4. The Hall–Kier alpha value is -1.46. The van der Waals surface area contributed by atoms with Crippen molar-refractivity contribution in [3.63, 3.8) is 0 Å². The van der Waals surface area contributed by atoms with Gasteiger partial charge in [-0.3, -0.25) is 4.79 Å². The molecule has 0 radical (unpaired) electrons. The zero-order chi connectivity index (χ0) is 12.7. The molecule has 4 nitrogen and oxygen atoms in total. The van der Waals surface area contributed by atoms with Crippen LogP contribution in [0.3, 0.4) is 0 Å². The van der Waals surface area contributed by atoms with Gasteiger partial charge < -0.3 is 14.7 Å². The number of methoxy groups -OCH3 is 1. The highest BCUT2D eigenvalue weighted by molar-refractivity contribution is 5.85. The highest BCUT2D eigenvalue weighted by Crippen LogP contribution is 2.21. The number of aliphatic hydroxyl groups excluding tert-OH is 1. The Bertz CT molecular complexity index is 371. The summed E-state index contributed by atoms with van der Waals surface area (Å²) < 4.78 is 18.4. The number of carbonyl (C=O) groups is 1. The van der Waals surface area contributed by atoms with E-state index in [-0.39, 0.29) is 12.2 Å². The summed E-state index contributed by atoms with van der Waals surface area (Å²) in [6.45, 7) is 1.18. The van der Waals surface area contributed by atoms with Crippen LogP contribution in [0.25, 0.3) is 0 Å². The van der Waals surface area contributed by atoms with E-state index in [0.717, 1.165) is 0 Å². The van der Waals surface area contributed by atoms with Crippen LogP contribution in [-0.4, -0.2) is 44.8 Å². The third-order valence-electron chi connectivity index (χ3n) is 2.42. The van der Waals surface area contributed by atoms with E-state index in [1.165, 1.54) is 12.1 Å². The highest BCUT2D eigenvalue weighted by Gasteiger charge is 2.13. The third-order valence-corrected chi connectivity index (χ3v) is 2.42. The Morgan fingerprint density at radius 2 is 2.24 bits per heavy atom. The van der Waals surface area contributed by atoms with Crippen LogP contribution < -0.4 is 4.90 Å². The van der Waals surface area contributed by atoms with E-state index in [9.17, 15) is 9.18 Å². The molecule has 5 heteroatoms. The van der Waals surface area contributed by atoms with E-state index in [1.54, 1.807) is 18.1 Å². The molecule has 94 valence electrons. The maximum Gasteiger partial charge on any atom is 0.155 e. The molecule has 0 atom stereocenters. The first-order chi connectivity index (χ1) is 8.24. The summed E-state index contributed by atoms with van der Waals surface area (Å²) >= 11 is 0. The summed E-state index contributed by atoms with van der Waals surface area (Å²) in [7, 11) is 1.56. The van der Waals surface area contributed by atoms with E-state index in [1.807, 2.05) is 0 Å². The number of aldehydes is 1. The fourth-order valence-electron chi connectivity index (χ4n) is 1.59. The second-order valence-corrected chi connectivity index (χ2v) is 3.49. The number of carbonyl (C=O) groups excluding carboxylic acids is 1. The molecule has 0 bridgehead atoms. The van der Waals surface area contributed by atoms with Gasteiger partial charge in [0.2, 0.25) is 0 Å². The van der Waals surface area contributed by atoms with Crippen LogP contribution in [0.1, 0.15) is 10.4 Å². The average molecular weight is 241 g/mol. The second kappa shape index (κ2) is 6.98. The number of hydrogen-bond acceptors (Lipinski definition) is 4. The lowest BCUT2D eigenvalue weighted by Crippen LogP contribution is -2.31. The molecule has 0 aromatic heterocycles. The van der Waals surface area contributed by atoms with Gasteiger partial charge in [-0.05, 0) is 12.1 Å². The first-order valence-electron chi connectivity index (χ1n) is 5.33. The minimum absolute atomic E-state index is 0.0112. The number of aliphatic hydroxyl groups is 1. The van der Waals surface area contributed by atoms with E-state index >= 15 is 0 Å². The Labute approximate surface area is 99.6 Å². The summed E-state index contributed by atoms with van der Waals surface area (Å²) in [5.74, 6) is -0.558. The number of halogens is 1. The van der Waals surface area contributed by atoms with Gasteiger partial charge in [0.1, 0.15) is 5.82 Å². The van der Waals surface area contributed by atoms with Crippen molar-refractivity contribution in [1.82, 2.24) is 0 Å². The Balaban J connectivity index is 2.99. The molecule has 1 rings (SSSR count). The molecular formula is C12H16FNO3. The molecule has 0 saturated carbocycles. The number of nitrogens with zero attached hydrogens (tertiary/aromatic N) is 1. The van der Waals surface area contributed by atoms with Gasteiger partial charge in [0.25, 0.3) is 0 Å². The van der Waals surface area contributed by atoms with E-state index < -0.39 is 5.82 Å². The van der Waals surface area contributed by atoms with Crippen molar-refractivity contribution in [2.75, 3.05) is 38.3 Å². The Morgan fingerprint density at radius 1 is 1.47 bits per heavy atom. The minimum Gasteiger partial charge on any atom is -0.395 e. The predicted molar refractivity (Wildman–Crippen MR) is 63.0 cm³/mol. The topological polar surface area (TPSA) is 49.8 Å². The molecule has 0 heterocycles. The normalized spacial score (nSPS) is 10.3. The van der Waals surface area contributed by atoms with Gasteiger partial charge in [-0.1, -0.05) is 6.07 Å². The quantitative estimate of drug-likeness (QED) is 0.726. The van der Waals surface area contributed by atoms with Crippen LogP contribution in [0, 0.1) is 5.82 Å². The number of rotatable bonds is 7. The summed E-state index contributed by atoms with van der Waals surface area (Å²) in [4.78, 5) is 12.6. The molecule has 0 aliphatic rings. The second-order valence-electron chi connectivity index (χ2n) is 3.49. The number of anilines is 1. The monoisotopic (exact) mass is 241 g/mol. The lowest BCUT2D eigenvalue weighted by molar-refractivity contribution is 0.112. The predicted octanol–water partition coefficient (Wildman–Crippen LogP) is 1.08. The lowest BCUT2D eigenvalue weighted by Gasteiger charge is -2.25. The standard InChI is InChI=1S/C12H16FNO3/c1-17-8-6-14(5-7-15)12-4-2-3-11(13)10(12)9-16/h2-4,9,15H,5-8H2,1H3. The molecule has 0 fully saturated rings. The van der Waals surface area contributed by atoms with Crippen molar-refractivity contribution in [2.45, 2.75) is 0 Å². The van der Waals surface area contributed by atoms with E-state index in [4.69, 9.17) is 9.84 Å². The fraction of sp³-hybridized carbons (Fsp3) is 0.417. The number of ether oxygens (including phenoxy) is 1. The molecule has 0 aliphatic carbocycles. The van der Waals surface area contributed by atoms with Crippen LogP contribution in [0.2, 0.25) is 0 Å². The van der Waals surface area contributed by atoms with Gasteiger partial charge in [0.05, 0.1) is 24.5 Å². The minimum atomic E-state index is -0.558. The molecule has 17 heavy (non-hydrogen) atoms.